The van der Waals surface area contributed by atoms with Crippen molar-refractivity contribution in [3.05, 3.63) is 20.2 Å². The van der Waals surface area contributed by atoms with Gasteiger partial charge in [-0.1, -0.05) is 11.3 Å². The molecule has 0 aliphatic carbocycles. The van der Waals surface area contributed by atoms with Crippen molar-refractivity contribution in [2.75, 3.05) is 11.4 Å². The normalized spacial score (nSPS) is 10.8. The van der Waals surface area contributed by atoms with E-state index in [1.807, 2.05) is 19.1 Å². The van der Waals surface area contributed by atoms with E-state index in [0.29, 0.717) is 11.7 Å². The van der Waals surface area contributed by atoms with Gasteiger partial charge in [0.2, 0.25) is 0 Å². The van der Waals surface area contributed by atoms with Crippen molar-refractivity contribution in [2.45, 2.75) is 6.92 Å². The second-order valence-electron chi connectivity index (χ2n) is 3.31. The van der Waals surface area contributed by atoms with E-state index in [9.17, 15) is 4.79 Å². The van der Waals surface area contributed by atoms with Crippen LogP contribution in [0.5, 0.6) is 0 Å². The van der Waals surface area contributed by atoms with Gasteiger partial charge in [0.05, 0.1) is 10.2 Å². The van der Waals surface area contributed by atoms with E-state index < -0.39 is 6.03 Å². The smallest absolute Gasteiger partial charge is 0.321 e. The van der Waals surface area contributed by atoms with Gasteiger partial charge in [0.25, 0.3) is 0 Å². The van der Waals surface area contributed by atoms with Gasteiger partial charge in [-0.25, -0.2) is 9.78 Å². The van der Waals surface area contributed by atoms with Crippen molar-refractivity contribution in [3.63, 3.8) is 0 Å². The molecule has 0 unspecified atom stereocenters. The fourth-order valence-electron chi connectivity index (χ4n) is 1.45. The molecule has 4 nitrogen and oxygen atoms in total. The van der Waals surface area contributed by atoms with Crippen molar-refractivity contribution < 1.29 is 4.79 Å². The number of nitrogens with two attached hydrogens (primary N) is 1. The van der Waals surface area contributed by atoms with E-state index in [1.165, 1.54) is 16.2 Å². The zero-order valence-corrected chi connectivity index (χ0v) is 13.5. The van der Waals surface area contributed by atoms with Crippen LogP contribution in [0.2, 0.25) is 0 Å². The molecule has 0 aliphatic heterocycles. The number of aromatic nitrogens is 1. The van der Waals surface area contributed by atoms with E-state index in [4.69, 9.17) is 5.73 Å². The van der Waals surface area contributed by atoms with Gasteiger partial charge in [0.1, 0.15) is 0 Å². The lowest BCUT2D eigenvalue weighted by Gasteiger charge is -2.13. The Balaban J connectivity index is 2.58. The first-order valence-electron chi connectivity index (χ1n) is 4.85. The third-order valence-corrected chi connectivity index (χ3v) is 4.85. The Morgan fingerprint density at radius 3 is 2.94 bits per heavy atom. The predicted molar refractivity (Wildman–Crippen MR) is 82.6 cm³/mol. The van der Waals surface area contributed by atoms with E-state index in [2.05, 4.69) is 43.5 Å². The number of hydrogen-bond donors (Lipinski definition) is 1. The molecule has 90 valence electrons. The molecule has 2 rings (SSSR count). The lowest BCUT2D eigenvalue weighted by molar-refractivity contribution is 0.254. The lowest BCUT2D eigenvalue weighted by Crippen LogP contribution is -2.35. The SMILES string of the molecule is CCN(C(N)=O)c1nc2cc(I)cc(Br)c2s1. The number of halogens is 2. The minimum Gasteiger partial charge on any atom is -0.351 e. The van der Waals surface area contributed by atoms with Crippen LogP contribution < -0.4 is 10.6 Å². The highest BCUT2D eigenvalue weighted by Crippen LogP contribution is 2.35. The van der Waals surface area contributed by atoms with E-state index in [1.54, 1.807) is 0 Å². The largest absolute Gasteiger partial charge is 0.351 e. The maximum atomic E-state index is 11.3. The highest BCUT2D eigenvalue weighted by molar-refractivity contribution is 14.1. The standard InChI is InChI=1S/C10H9BrIN3OS/c1-2-15(9(13)16)10-14-7-4-5(12)3-6(11)8(7)17-10/h3-4H,2H2,1H3,(H2,13,16). The van der Waals surface area contributed by atoms with Crippen LogP contribution in [0.15, 0.2) is 16.6 Å². The van der Waals surface area contributed by atoms with Crippen molar-refractivity contribution in [2.24, 2.45) is 5.73 Å². The second-order valence-corrected chi connectivity index (χ2v) is 6.39. The molecule has 0 saturated carbocycles. The maximum absolute atomic E-state index is 11.3. The summed E-state index contributed by atoms with van der Waals surface area (Å²) in [5.41, 5.74) is 6.19. The second kappa shape index (κ2) is 5.07. The lowest BCUT2D eigenvalue weighted by atomic mass is 10.3. The summed E-state index contributed by atoms with van der Waals surface area (Å²) in [7, 11) is 0. The molecule has 1 aromatic carbocycles. The highest BCUT2D eigenvalue weighted by Gasteiger charge is 2.16. The summed E-state index contributed by atoms with van der Waals surface area (Å²) in [6.45, 7) is 2.39. The summed E-state index contributed by atoms with van der Waals surface area (Å²) in [6.07, 6.45) is 0. The highest BCUT2D eigenvalue weighted by atomic mass is 127. The number of anilines is 1. The van der Waals surface area contributed by atoms with Crippen LogP contribution in [0.4, 0.5) is 9.93 Å². The Hall–Kier alpha value is -0.410. The van der Waals surface area contributed by atoms with Gasteiger partial charge in [0.15, 0.2) is 5.13 Å². The number of carbonyl (C=O) groups is 1. The number of fused-ring (bicyclic) bond motifs is 1. The monoisotopic (exact) mass is 425 g/mol. The first-order valence-corrected chi connectivity index (χ1v) is 7.54. The number of amides is 2. The molecule has 2 N–H and O–H groups in total. The van der Waals surface area contributed by atoms with Gasteiger partial charge in [-0.3, -0.25) is 4.90 Å². The molecule has 2 aromatic rings. The van der Waals surface area contributed by atoms with Crippen LogP contribution in [-0.4, -0.2) is 17.6 Å². The molecule has 7 heteroatoms. The fraction of sp³-hybridized carbons (Fsp3) is 0.200. The minimum atomic E-state index is -0.475. The van der Waals surface area contributed by atoms with Gasteiger partial charge in [-0.2, -0.15) is 0 Å². The molecule has 0 saturated heterocycles. The molecule has 0 atom stereocenters. The number of primary amides is 1. The summed E-state index contributed by atoms with van der Waals surface area (Å²) in [5, 5.41) is 0.637. The summed E-state index contributed by atoms with van der Waals surface area (Å²) in [4.78, 5) is 17.2. The quantitative estimate of drug-likeness (QED) is 0.747. The van der Waals surface area contributed by atoms with Crippen LogP contribution in [0.3, 0.4) is 0 Å². The number of rotatable bonds is 2. The summed E-state index contributed by atoms with van der Waals surface area (Å²) in [5.74, 6) is 0. The molecular weight excluding hydrogens is 417 g/mol. The molecule has 1 heterocycles. The van der Waals surface area contributed by atoms with Crippen molar-refractivity contribution in [3.8, 4) is 0 Å². The first-order chi connectivity index (χ1) is 8.02. The molecule has 0 radical (unpaired) electrons. The number of carbonyl (C=O) groups excluding carboxylic acids is 1. The summed E-state index contributed by atoms with van der Waals surface area (Å²) in [6, 6.07) is 3.53. The van der Waals surface area contributed by atoms with Crippen molar-refractivity contribution in [1.82, 2.24) is 4.98 Å². The third kappa shape index (κ3) is 2.55. The molecule has 1 aromatic heterocycles. The van der Waals surface area contributed by atoms with E-state index >= 15 is 0 Å². The van der Waals surface area contributed by atoms with Crippen molar-refractivity contribution >= 4 is 71.2 Å². The van der Waals surface area contributed by atoms with Gasteiger partial charge in [-0.05, 0) is 57.6 Å². The van der Waals surface area contributed by atoms with Gasteiger partial charge in [-0.15, -0.1) is 0 Å². The van der Waals surface area contributed by atoms with Crippen LogP contribution in [-0.2, 0) is 0 Å². The molecular formula is C10H9BrIN3OS. The molecule has 0 fully saturated rings. The van der Waals surface area contributed by atoms with Gasteiger partial charge >= 0.3 is 6.03 Å². The zero-order chi connectivity index (χ0) is 12.6. The predicted octanol–water partition coefficient (Wildman–Crippen LogP) is 3.57. The Labute approximate surface area is 124 Å². The number of thiazole rings is 1. The van der Waals surface area contributed by atoms with Gasteiger partial charge < -0.3 is 5.73 Å². The third-order valence-electron chi connectivity index (χ3n) is 2.21. The number of hydrogen-bond acceptors (Lipinski definition) is 3. The van der Waals surface area contributed by atoms with Crippen LogP contribution in [0.25, 0.3) is 10.2 Å². The Bertz CT molecular complexity index is 586. The fourth-order valence-corrected chi connectivity index (χ4v) is 4.20. The average molecular weight is 426 g/mol. The first kappa shape index (κ1) is 13.0. The number of nitrogens with zero attached hydrogens (tertiary/aromatic N) is 2. The Kier molecular flexibility index (Phi) is 3.88. The average Bonchev–Trinajstić information content (AvgIpc) is 2.61. The Morgan fingerprint density at radius 1 is 1.65 bits per heavy atom. The topological polar surface area (TPSA) is 59.2 Å². The number of urea groups is 1. The number of benzene rings is 1. The Morgan fingerprint density at radius 2 is 2.35 bits per heavy atom. The van der Waals surface area contributed by atoms with Crippen molar-refractivity contribution in [1.29, 1.82) is 0 Å². The summed E-state index contributed by atoms with van der Waals surface area (Å²) >= 11 is 7.19. The zero-order valence-electron chi connectivity index (χ0n) is 8.91. The minimum absolute atomic E-state index is 0.475. The van der Waals surface area contributed by atoms with Crippen LogP contribution in [0, 0.1) is 3.57 Å². The molecule has 0 bridgehead atoms. The molecule has 2 amide bonds. The van der Waals surface area contributed by atoms with Crippen LogP contribution in [0.1, 0.15) is 6.92 Å². The van der Waals surface area contributed by atoms with Crippen LogP contribution >= 0.6 is 49.9 Å². The van der Waals surface area contributed by atoms with Gasteiger partial charge in [0, 0.05) is 14.6 Å². The summed E-state index contributed by atoms with van der Waals surface area (Å²) < 4.78 is 3.12. The molecule has 17 heavy (non-hydrogen) atoms. The molecule has 0 spiro atoms. The van der Waals surface area contributed by atoms with E-state index in [-0.39, 0.29) is 0 Å². The maximum Gasteiger partial charge on any atom is 0.321 e. The molecule has 0 aliphatic rings. The van der Waals surface area contributed by atoms with E-state index in [0.717, 1.165) is 18.3 Å².